The monoisotopic (exact) mass is 434 g/mol. The molecule has 0 bridgehead atoms. The van der Waals surface area contributed by atoms with Crippen molar-refractivity contribution in [2.75, 3.05) is 13.1 Å². The van der Waals surface area contributed by atoms with E-state index in [2.05, 4.69) is 4.72 Å². The van der Waals surface area contributed by atoms with E-state index < -0.39 is 21.3 Å². The van der Waals surface area contributed by atoms with Gasteiger partial charge in [0.25, 0.3) is 5.56 Å². The van der Waals surface area contributed by atoms with E-state index in [1.54, 1.807) is 4.90 Å². The molecule has 2 fully saturated rings. The second kappa shape index (κ2) is 7.99. The summed E-state index contributed by atoms with van der Waals surface area (Å²) >= 11 is 0. The first-order valence-electron chi connectivity index (χ1n) is 10.3. The fourth-order valence-corrected chi connectivity index (χ4v) is 5.67. The SMILES string of the molecule is Cn1c(=O)n(CC(=O)N2CCCC2)c(=O)c2cc(S(=O)(=O)NC3CCCC3)ccc21. The number of carbonyl (C=O) groups excluding carboxylic acids is 1. The average Bonchev–Trinajstić information content (AvgIpc) is 3.43. The molecule has 2 heterocycles. The summed E-state index contributed by atoms with van der Waals surface area (Å²) in [6.07, 6.45) is 5.39. The van der Waals surface area contributed by atoms with Gasteiger partial charge in [-0.2, -0.15) is 0 Å². The molecule has 0 unspecified atom stereocenters. The number of nitrogens with zero attached hydrogens (tertiary/aromatic N) is 3. The number of fused-ring (bicyclic) bond motifs is 1. The number of hydrogen-bond acceptors (Lipinski definition) is 5. The van der Waals surface area contributed by atoms with Crippen LogP contribution < -0.4 is 16.0 Å². The van der Waals surface area contributed by atoms with E-state index >= 15 is 0 Å². The fourth-order valence-electron chi connectivity index (χ4n) is 4.33. The summed E-state index contributed by atoms with van der Waals surface area (Å²) in [5.41, 5.74) is -0.923. The quantitative estimate of drug-likeness (QED) is 0.739. The summed E-state index contributed by atoms with van der Waals surface area (Å²) in [5.74, 6) is -0.280. The molecule has 1 aromatic heterocycles. The van der Waals surface area contributed by atoms with Crippen molar-refractivity contribution >= 4 is 26.8 Å². The molecule has 1 aliphatic carbocycles. The number of sulfonamides is 1. The minimum absolute atomic E-state index is 0.0185. The Labute approximate surface area is 174 Å². The lowest BCUT2D eigenvalue weighted by atomic mass is 10.2. The van der Waals surface area contributed by atoms with Crippen molar-refractivity contribution in [3.05, 3.63) is 39.0 Å². The number of amides is 1. The molecule has 2 aliphatic rings. The third-order valence-electron chi connectivity index (χ3n) is 6.06. The lowest BCUT2D eigenvalue weighted by Crippen LogP contribution is -2.44. The maximum absolute atomic E-state index is 13.0. The highest BCUT2D eigenvalue weighted by Gasteiger charge is 2.25. The highest BCUT2D eigenvalue weighted by atomic mass is 32.2. The number of likely N-dealkylation sites (tertiary alicyclic amines) is 1. The summed E-state index contributed by atoms with van der Waals surface area (Å²) in [6, 6.07) is 4.07. The van der Waals surface area contributed by atoms with E-state index in [0.717, 1.165) is 43.1 Å². The Morgan fingerprint density at radius 3 is 2.43 bits per heavy atom. The molecular formula is C20H26N4O5S. The molecule has 162 valence electrons. The topological polar surface area (TPSA) is 110 Å². The molecule has 2 aromatic rings. The van der Waals surface area contributed by atoms with E-state index in [0.29, 0.717) is 18.6 Å². The van der Waals surface area contributed by atoms with Crippen LogP contribution in [0.5, 0.6) is 0 Å². The van der Waals surface area contributed by atoms with Gasteiger partial charge in [0.1, 0.15) is 6.54 Å². The highest BCUT2D eigenvalue weighted by molar-refractivity contribution is 7.89. The number of nitrogens with one attached hydrogen (secondary N) is 1. The Hall–Kier alpha value is -2.46. The van der Waals surface area contributed by atoms with Gasteiger partial charge in [-0.1, -0.05) is 12.8 Å². The van der Waals surface area contributed by atoms with Crippen LogP contribution in [0.4, 0.5) is 0 Å². The summed E-state index contributed by atoms with van der Waals surface area (Å²) in [5, 5.41) is 0.0978. The normalized spacial score (nSPS) is 17.8. The standard InChI is InChI=1S/C20H26N4O5S/c1-22-17-9-8-15(30(28,29)21-14-6-2-3-7-14)12-16(17)19(26)24(20(22)27)13-18(25)23-10-4-5-11-23/h8-9,12,14,21H,2-7,10-11,13H2,1H3. The van der Waals surface area contributed by atoms with Gasteiger partial charge in [-0.25, -0.2) is 17.9 Å². The maximum Gasteiger partial charge on any atom is 0.331 e. The molecule has 30 heavy (non-hydrogen) atoms. The summed E-state index contributed by atoms with van der Waals surface area (Å²) in [6.45, 7) is 0.895. The van der Waals surface area contributed by atoms with Gasteiger partial charge in [-0.05, 0) is 43.9 Å². The van der Waals surface area contributed by atoms with E-state index in [-0.39, 0.29) is 28.8 Å². The summed E-state index contributed by atoms with van der Waals surface area (Å²) in [4.78, 5) is 39.9. The van der Waals surface area contributed by atoms with Crippen molar-refractivity contribution in [3.63, 3.8) is 0 Å². The summed E-state index contributed by atoms with van der Waals surface area (Å²) in [7, 11) is -2.28. The molecule has 1 saturated carbocycles. The number of rotatable bonds is 5. The smallest absolute Gasteiger partial charge is 0.331 e. The van der Waals surface area contributed by atoms with Crippen LogP contribution in [0.1, 0.15) is 38.5 Å². The summed E-state index contributed by atoms with van der Waals surface area (Å²) < 4.78 is 30.4. The Morgan fingerprint density at radius 1 is 1.10 bits per heavy atom. The molecule has 1 aromatic carbocycles. The largest absolute Gasteiger partial charge is 0.341 e. The minimum Gasteiger partial charge on any atom is -0.341 e. The molecule has 1 N–H and O–H groups in total. The minimum atomic E-state index is -3.78. The molecule has 10 heteroatoms. The van der Waals surface area contributed by atoms with Crippen LogP contribution in [-0.2, 0) is 28.4 Å². The Morgan fingerprint density at radius 2 is 1.77 bits per heavy atom. The predicted octanol–water partition coefficient (Wildman–Crippen LogP) is 0.544. The van der Waals surface area contributed by atoms with Crippen molar-refractivity contribution in [2.45, 2.75) is 56.0 Å². The molecule has 9 nitrogen and oxygen atoms in total. The maximum atomic E-state index is 13.0. The Bertz CT molecular complexity index is 1200. The first-order valence-corrected chi connectivity index (χ1v) is 11.8. The van der Waals surface area contributed by atoms with Crippen LogP contribution in [0.2, 0.25) is 0 Å². The van der Waals surface area contributed by atoms with Crippen molar-refractivity contribution in [1.82, 2.24) is 18.8 Å². The molecule has 0 spiro atoms. The lowest BCUT2D eigenvalue weighted by Gasteiger charge is -2.17. The second-order valence-electron chi connectivity index (χ2n) is 8.10. The zero-order valence-electron chi connectivity index (χ0n) is 17.0. The van der Waals surface area contributed by atoms with Crippen molar-refractivity contribution in [2.24, 2.45) is 7.05 Å². The van der Waals surface area contributed by atoms with Crippen LogP contribution >= 0.6 is 0 Å². The zero-order valence-corrected chi connectivity index (χ0v) is 17.8. The lowest BCUT2D eigenvalue weighted by molar-refractivity contribution is -0.130. The molecule has 1 amide bonds. The Balaban J connectivity index is 1.74. The first kappa shape index (κ1) is 20.8. The molecule has 0 radical (unpaired) electrons. The number of aromatic nitrogens is 2. The van der Waals surface area contributed by atoms with E-state index in [4.69, 9.17) is 0 Å². The van der Waals surface area contributed by atoms with Crippen LogP contribution in [-0.4, -0.2) is 47.5 Å². The number of aryl methyl sites for hydroxylation is 1. The highest BCUT2D eigenvalue weighted by Crippen LogP contribution is 2.21. The zero-order chi connectivity index (χ0) is 21.5. The van der Waals surface area contributed by atoms with Crippen LogP contribution in [0.25, 0.3) is 10.9 Å². The van der Waals surface area contributed by atoms with Gasteiger partial charge in [0.2, 0.25) is 15.9 Å². The van der Waals surface area contributed by atoms with Crippen molar-refractivity contribution in [3.8, 4) is 0 Å². The number of carbonyl (C=O) groups is 1. The third-order valence-corrected chi connectivity index (χ3v) is 7.58. The van der Waals surface area contributed by atoms with Crippen LogP contribution in [0.3, 0.4) is 0 Å². The Kier molecular flexibility index (Phi) is 5.54. The number of benzene rings is 1. The molecule has 1 saturated heterocycles. The van der Waals surface area contributed by atoms with Gasteiger partial charge < -0.3 is 4.90 Å². The molecule has 4 rings (SSSR count). The van der Waals surface area contributed by atoms with Gasteiger partial charge in [0.05, 0.1) is 15.8 Å². The van der Waals surface area contributed by atoms with Gasteiger partial charge >= 0.3 is 5.69 Å². The van der Waals surface area contributed by atoms with Crippen molar-refractivity contribution in [1.29, 1.82) is 0 Å². The fraction of sp³-hybridized carbons (Fsp3) is 0.550. The average molecular weight is 435 g/mol. The van der Waals surface area contributed by atoms with Gasteiger partial charge in [-0.15, -0.1) is 0 Å². The molecule has 1 aliphatic heterocycles. The molecular weight excluding hydrogens is 408 g/mol. The van der Waals surface area contributed by atoms with Crippen LogP contribution in [0, 0.1) is 0 Å². The molecule has 0 atom stereocenters. The number of hydrogen-bond donors (Lipinski definition) is 1. The van der Waals surface area contributed by atoms with Crippen molar-refractivity contribution < 1.29 is 13.2 Å². The predicted molar refractivity (Wildman–Crippen MR) is 112 cm³/mol. The third kappa shape index (κ3) is 3.81. The van der Waals surface area contributed by atoms with Gasteiger partial charge in [0, 0.05) is 26.2 Å². The first-order chi connectivity index (χ1) is 14.3. The van der Waals surface area contributed by atoms with Gasteiger partial charge in [0.15, 0.2) is 0 Å². The van der Waals surface area contributed by atoms with E-state index in [1.165, 1.54) is 29.8 Å². The van der Waals surface area contributed by atoms with E-state index in [1.807, 2.05) is 0 Å². The second-order valence-corrected chi connectivity index (χ2v) is 9.82. The van der Waals surface area contributed by atoms with Crippen LogP contribution in [0.15, 0.2) is 32.7 Å². The van der Waals surface area contributed by atoms with Gasteiger partial charge in [-0.3, -0.25) is 18.7 Å². The van der Waals surface area contributed by atoms with E-state index in [9.17, 15) is 22.8 Å².